The first-order chi connectivity index (χ1) is 13.8. The first kappa shape index (κ1) is 20.3. The summed E-state index contributed by atoms with van der Waals surface area (Å²) < 4.78 is 0. The zero-order valence-corrected chi connectivity index (χ0v) is 17.5. The van der Waals surface area contributed by atoms with Gasteiger partial charge in [0.1, 0.15) is 17.5 Å². The average Bonchev–Trinajstić information content (AvgIpc) is 2.62. The maximum absolute atomic E-state index is 11.3. The van der Waals surface area contributed by atoms with Crippen LogP contribution in [0, 0.1) is 13.8 Å². The van der Waals surface area contributed by atoms with E-state index in [0.717, 1.165) is 22.9 Å². The average molecular weight is 390 g/mol. The number of aromatic nitrogens is 2. The lowest BCUT2D eigenvalue weighted by atomic mass is 9.98. The minimum Gasteiger partial charge on any atom is -0.340 e. The second-order valence-electron chi connectivity index (χ2n) is 7.39. The number of carbonyl (C=O) groups excluding carboxylic acids is 1. The number of aryl methyl sites for hydroxylation is 2. The predicted molar refractivity (Wildman–Crippen MR) is 119 cm³/mol. The Hall–Kier alpha value is -3.41. The lowest BCUT2D eigenvalue weighted by molar-refractivity contribution is -0.114. The van der Waals surface area contributed by atoms with Crippen LogP contribution in [0.5, 0.6) is 0 Å². The number of carbonyl (C=O) groups is 1. The van der Waals surface area contributed by atoms with Crippen molar-refractivity contribution in [2.45, 2.75) is 40.5 Å². The molecule has 3 rings (SSSR count). The Morgan fingerprint density at radius 3 is 2.24 bits per heavy atom. The lowest BCUT2D eigenvalue weighted by Gasteiger charge is -2.17. The number of anilines is 5. The molecule has 0 unspecified atom stereocenters. The number of nitrogens with one attached hydrogen (secondary N) is 3. The topological polar surface area (TPSA) is 78.9 Å². The number of benzene rings is 2. The van der Waals surface area contributed by atoms with E-state index in [-0.39, 0.29) is 5.91 Å². The normalized spacial score (nSPS) is 10.7. The van der Waals surface area contributed by atoms with Gasteiger partial charge in [-0.05, 0) is 49.1 Å². The molecule has 0 spiro atoms. The van der Waals surface area contributed by atoms with Crippen LogP contribution in [0.25, 0.3) is 0 Å². The fourth-order valence-electron chi connectivity index (χ4n) is 3.19. The molecule has 3 N–H and O–H groups in total. The van der Waals surface area contributed by atoms with Crippen molar-refractivity contribution in [1.82, 2.24) is 9.97 Å². The summed E-state index contributed by atoms with van der Waals surface area (Å²) in [6.07, 6.45) is 0. The maximum Gasteiger partial charge on any atom is 0.221 e. The van der Waals surface area contributed by atoms with Gasteiger partial charge in [-0.3, -0.25) is 4.79 Å². The quantitative estimate of drug-likeness (QED) is 0.507. The molecule has 0 bridgehead atoms. The summed E-state index contributed by atoms with van der Waals surface area (Å²) >= 11 is 0. The molecule has 0 fully saturated rings. The third kappa shape index (κ3) is 5.31. The molecule has 0 saturated heterocycles. The van der Waals surface area contributed by atoms with E-state index in [4.69, 9.17) is 0 Å². The van der Waals surface area contributed by atoms with Gasteiger partial charge in [0.2, 0.25) is 5.91 Å². The standard InChI is InChI=1S/C23H27N5O/c1-14(2)20-11-6-8-15(3)23(20)28-22-13-21(24-16(4)25-22)27-19-10-7-9-18(12-19)26-17(5)29/h6-14H,1-5H3,(H,26,29)(H2,24,25,27,28). The van der Waals surface area contributed by atoms with Crippen LogP contribution in [0.1, 0.15) is 43.6 Å². The second kappa shape index (κ2) is 8.73. The van der Waals surface area contributed by atoms with E-state index in [1.54, 1.807) is 0 Å². The lowest BCUT2D eigenvalue weighted by Crippen LogP contribution is -2.06. The highest BCUT2D eigenvalue weighted by Crippen LogP contribution is 2.30. The molecular formula is C23H27N5O. The summed E-state index contributed by atoms with van der Waals surface area (Å²) in [5.41, 5.74) is 5.06. The fourth-order valence-corrected chi connectivity index (χ4v) is 3.19. The molecule has 2 aromatic carbocycles. The van der Waals surface area contributed by atoms with Crippen molar-refractivity contribution in [1.29, 1.82) is 0 Å². The molecule has 1 amide bonds. The summed E-state index contributed by atoms with van der Waals surface area (Å²) in [4.78, 5) is 20.3. The summed E-state index contributed by atoms with van der Waals surface area (Å²) in [6.45, 7) is 9.81. The van der Waals surface area contributed by atoms with Crippen LogP contribution in [0.15, 0.2) is 48.5 Å². The molecule has 3 aromatic rings. The SMILES string of the molecule is CC(=O)Nc1cccc(Nc2cc(Nc3c(C)cccc3C(C)C)nc(C)n2)c1. The van der Waals surface area contributed by atoms with E-state index in [1.165, 1.54) is 18.1 Å². The molecule has 0 saturated carbocycles. The van der Waals surface area contributed by atoms with Crippen molar-refractivity contribution in [3.63, 3.8) is 0 Å². The summed E-state index contributed by atoms with van der Waals surface area (Å²) in [6, 6.07) is 15.7. The van der Waals surface area contributed by atoms with Crippen LogP contribution in [-0.2, 0) is 4.79 Å². The third-order valence-corrected chi connectivity index (χ3v) is 4.47. The van der Waals surface area contributed by atoms with Crippen molar-refractivity contribution in [3.05, 3.63) is 65.5 Å². The molecule has 150 valence electrons. The van der Waals surface area contributed by atoms with Crippen molar-refractivity contribution >= 4 is 34.6 Å². The van der Waals surface area contributed by atoms with Crippen LogP contribution in [0.4, 0.5) is 28.7 Å². The number of amides is 1. The molecule has 0 aliphatic heterocycles. The number of rotatable bonds is 6. The van der Waals surface area contributed by atoms with E-state index >= 15 is 0 Å². The fraction of sp³-hybridized carbons (Fsp3) is 0.261. The summed E-state index contributed by atoms with van der Waals surface area (Å²) in [5, 5.41) is 9.56. The van der Waals surface area contributed by atoms with Crippen molar-refractivity contribution in [3.8, 4) is 0 Å². The van der Waals surface area contributed by atoms with Crippen molar-refractivity contribution in [2.75, 3.05) is 16.0 Å². The van der Waals surface area contributed by atoms with Crippen LogP contribution in [-0.4, -0.2) is 15.9 Å². The van der Waals surface area contributed by atoms with E-state index in [1.807, 2.05) is 37.3 Å². The van der Waals surface area contributed by atoms with Crippen LogP contribution < -0.4 is 16.0 Å². The number of nitrogens with zero attached hydrogens (tertiary/aromatic N) is 2. The smallest absolute Gasteiger partial charge is 0.221 e. The molecule has 0 atom stereocenters. The first-order valence-electron chi connectivity index (χ1n) is 9.68. The molecule has 1 heterocycles. The Bertz CT molecular complexity index is 1030. The molecule has 29 heavy (non-hydrogen) atoms. The van der Waals surface area contributed by atoms with E-state index in [2.05, 4.69) is 64.9 Å². The summed E-state index contributed by atoms with van der Waals surface area (Å²) in [5.74, 6) is 2.37. The van der Waals surface area contributed by atoms with Gasteiger partial charge in [0.15, 0.2) is 0 Å². The van der Waals surface area contributed by atoms with E-state index < -0.39 is 0 Å². The van der Waals surface area contributed by atoms with Gasteiger partial charge in [0, 0.05) is 30.1 Å². The molecular weight excluding hydrogens is 362 g/mol. The molecule has 0 radical (unpaired) electrons. The minimum absolute atomic E-state index is 0.106. The first-order valence-corrected chi connectivity index (χ1v) is 9.68. The Labute approximate surface area is 171 Å². The zero-order valence-electron chi connectivity index (χ0n) is 17.5. The van der Waals surface area contributed by atoms with Crippen LogP contribution >= 0.6 is 0 Å². The summed E-state index contributed by atoms with van der Waals surface area (Å²) in [7, 11) is 0. The highest BCUT2D eigenvalue weighted by molar-refractivity contribution is 5.89. The van der Waals surface area contributed by atoms with Gasteiger partial charge in [0.25, 0.3) is 0 Å². The van der Waals surface area contributed by atoms with Gasteiger partial charge in [-0.1, -0.05) is 38.1 Å². The van der Waals surface area contributed by atoms with Gasteiger partial charge in [-0.25, -0.2) is 9.97 Å². The number of hydrogen-bond acceptors (Lipinski definition) is 5. The monoisotopic (exact) mass is 389 g/mol. The van der Waals surface area contributed by atoms with Gasteiger partial charge in [-0.15, -0.1) is 0 Å². The number of hydrogen-bond donors (Lipinski definition) is 3. The third-order valence-electron chi connectivity index (χ3n) is 4.47. The van der Waals surface area contributed by atoms with Gasteiger partial charge < -0.3 is 16.0 Å². The van der Waals surface area contributed by atoms with E-state index in [9.17, 15) is 4.79 Å². The Kier molecular flexibility index (Phi) is 6.12. The van der Waals surface area contributed by atoms with Gasteiger partial charge in [-0.2, -0.15) is 0 Å². The van der Waals surface area contributed by atoms with E-state index in [0.29, 0.717) is 17.6 Å². The van der Waals surface area contributed by atoms with Crippen LogP contribution in [0.3, 0.4) is 0 Å². The van der Waals surface area contributed by atoms with Gasteiger partial charge in [0.05, 0.1) is 0 Å². The van der Waals surface area contributed by atoms with Gasteiger partial charge >= 0.3 is 0 Å². The Morgan fingerprint density at radius 2 is 1.55 bits per heavy atom. The Morgan fingerprint density at radius 1 is 0.897 bits per heavy atom. The highest BCUT2D eigenvalue weighted by Gasteiger charge is 2.11. The number of para-hydroxylation sites is 1. The maximum atomic E-state index is 11.3. The molecule has 6 heteroatoms. The Balaban J connectivity index is 1.87. The zero-order chi connectivity index (χ0) is 21.0. The van der Waals surface area contributed by atoms with Crippen molar-refractivity contribution < 1.29 is 4.79 Å². The molecule has 0 aliphatic rings. The molecule has 1 aromatic heterocycles. The predicted octanol–water partition coefficient (Wildman–Crippen LogP) is 5.66. The largest absolute Gasteiger partial charge is 0.340 e. The van der Waals surface area contributed by atoms with Crippen LogP contribution in [0.2, 0.25) is 0 Å². The minimum atomic E-state index is -0.106. The van der Waals surface area contributed by atoms with Crippen molar-refractivity contribution in [2.24, 2.45) is 0 Å². The highest BCUT2D eigenvalue weighted by atomic mass is 16.1. The second-order valence-corrected chi connectivity index (χ2v) is 7.39. The molecule has 6 nitrogen and oxygen atoms in total. The molecule has 0 aliphatic carbocycles.